The number of carboxylic acid groups (broad SMARTS) is 1. The van der Waals surface area contributed by atoms with E-state index in [1.54, 1.807) is 0 Å². The summed E-state index contributed by atoms with van der Waals surface area (Å²) >= 11 is 0. The highest BCUT2D eigenvalue weighted by Gasteiger charge is 2.31. The normalized spacial score (nSPS) is 13.5. The summed E-state index contributed by atoms with van der Waals surface area (Å²) in [7, 11) is 5.49. The van der Waals surface area contributed by atoms with E-state index in [2.05, 4.69) is 50.3 Å². The maximum atomic E-state index is 12.6. The Labute approximate surface area is 281 Å². The third kappa shape index (κ3) is 27.8. The second kappa shape index (κ2) is 29.9. The molecule has 0 aromatic heterocycles. The van der Waals surface area contributed by atoms with Crippen LogP contribution < -0.4 is 0 Å². The lowest BCUT2D eigenvalue weighted by molar-refractivity contribution is -0.887. The van der Waals surface area contributed by atoms with Crippen LogP contribution >= 0.6 is 0 Å². The van der Waals surface area contributed by atoms with Crippen molar-refractivity contribution in [1.82, 2.24) is 0 Å². The minimum atomic E-state index is -0.883. The molecule has 0 aliphatic rings. The lowest BCUT2D eigenvalue weighted by Crippen LogP contribution is -2.50. The first kappa shape index (κ1) is 43.5. The number of hydrogen-bond acceptors (Lipinski definition) is 6. The Kier molecular flexibility index (Phi) is 28.3. The Morgan fingerprint density at radius 2 is 1.22 bits per heavy atom. The molecule has 0 fully saturated rings. The molecule has 0 amide bonds. The second-order valence-electron chi connectivity index (χ2n) is 13.1. The smallest absolute Gasteiger partial charge is 0.362 e. The van der Waals surface area contributed by atoms with E-state index in [1.807, 2.05) is 21.1 Å². The number of carbonyl (C=O) groups is 3. The van der Waals surface area contributed by atoms with Crippen LogP contribution in [0.1, 0.15) is 136 Å². The van der Waals surface area contributed by atoms with Crippen LogP contribution in [0.5, 0.6) is 0 Å². The van der Waals surface area contributed by atoms with E-state index in [0.717, 1.165) is 44.9 Å². The van der Waals surface area contributed by atoms with Crippen molar-refractivity contribution < 1.29 is 38.2 Å². The number of aliphatic carboxylic acids is 1. The van der Waals surface area contributed by atoms with Crippen molar-refractivity contribution in [2.45, 2.75) is 148 Å². The van der Waals surface area contributed by atoms with Crippen molar-refractivity contribution in [2.24, 2.45) is 0 Å². The quantitative estimate of drug-likeness (QED) is 0.0347. The molecule has 8 heteroatoms. The molecule has 46 heavy (non-hydrogen) atoms. The Balaban J connectivity index is 4.53. The third-order valence-electron chi connectivity index (χ3n) is 7.80. The van der Waals surface area contributed by atoms with Crippen molar-refractivity contribution in [2.75, 3.05) is 41.0 Å². The van der Waals surface area contributed by atoms with Crippen molar-refractivity contribution in [1.29, 1.82) is 0 Å². The van der Waals surface area contributed by atoms with Gasteiger partial charge in [-0.25, -0.2) is 4.79 Å². The molecule has 2 atom stereocenters. The topological polar surface area (TPSA) is 99.1 Å². The number of rotatable bonds is 31. The Morgan fingerprint density at radius 3 is 1.78 bits per heavy atom. The second-order valence-corrected chi connectivity index (χ2v) is 13.1. The standard InChI is InChI=1S/C38H67NO7/c1-6-8-10-12-14-16-18-20-22-24-26-28-36(40)45-33-34(32-44-31-30-35(38(42)43)39(3,4)5)46-37(41)29-27-25-23-21-19-17-15-13-11-9-7-2/h8,10,14,16,20,22,34-35H,6-7,9,11-13,15,17-19,21,23-33H2,1-5H3/p+1/b10-8+,16-14+,22-20+. The Bertz CT molecular complexity index is 860. The van der Waals surface area contributed by atoms with Crippen LogP contribution in [0.25, 0.3) is 0 Å². The molecule has 2 unspecified atom stereocenters. The lowest BCUT2D eigenvalue weighted by Gasteiger charge is -2.31. The summed E-state index contributed by atoms with van der Waals surface area (Å²) in [5, 5.41) is 9.56. The number of carbonyl (C=O) groups excluding carboxylic acids is 2. The van der Waals surface area contributed by atoms with Gasteiger partial charge in [0.1, 0.15) is 6.61 Å². The highest BCUT2D eigenvalue weighted by Crippen LogP contribution is 2.13. The number of carboxylic acids is 1. The largest absolute Gasteiger partial charge is 0.477 e. The third-order valence-corrected chi connectivity index (χ3v) is 7.80. The van der Waals surface area contributed by atoms with E-state index in [0.29, 0.717) is 19.3 Å². The van der Waals surface area contributed by atoms with Gasteiger partial charge in [-0.15, -0.1) is 0 Å². The average molecular weight is 651 g/mol. The van der Waals surface area contributed by atoms with Crippen LogP contribution in [0, 0.1) is 0 Å². The monoisotopic (exact) mass is 650 g/mol. The first-order valence-corrected chi connectivity index (χ1v) is 18.0. The lowest BCUT2D eigenvalue weighted by atomic mass is 10.1. The summed E-state index contributed by atoms with van der Waals surface area (Å²) in [6.07, 6.45) is 30.5. The zero-order valence-corrected chi connectivity index (χ0v) is 30.0. The van der Waals surface area contributed by atoms with E-state index >= 15 is 0 Å². The molecule has 8 nitrogen and oxygen atoms in total. The summed E-state index contributed by atoms with van der Waals surface area (Å²) in [6, 6.07) is -0.618. The first-order chi connectivity index (χ1) is 22.1. The van der Waals surface area contributed by atoms with Crippen LogP contribution in [-0.2, 0) is 28.6 Å². The number of unbranched alkanes of at least 4 members (excludes halogenated alkanes) is 11. The molecule has 0 aliphatic carbocycles. The van der Waals surface area contributed by atoms with Gasteiger partial charge >= 0.3 is 17.9 Å². The number of allylic oxidation sites excluding steroid dienone is 6. The summed E-state index contributed by atoms with van der Waals surface area (Å²) in [5.41, 5.74) is 0. The van der Waals surface area contributed by atoms with Gasteiger partial charge in [0.2, 0.25) is 0 Å². The number of ether oxygens (including phenoxy) is 3. The fourth-order valence-corrected chi connectivity index (χ4v) is 5.00. The molecule has 0 bridgehead atoms. The molecular weight excluding hydrogens is 582 g/mol. The van der Waals surface area contributed by atoms with Crippen LogP contribution in [0.3, 0.4) is 0 Å². The minimum absolute atomic E-state index is 0.0469. The molecule has 0 radical (unpaired) electrons. The molecule has 0 spiro atoms. The summed E-state index contributed by atoms with van der Waals surface area (Å²) in [5.74, 6) is -1.54. The molecule has 0 saturated heterocycles. The van der Waals surface area contributed by atoms with Crippen molar-refractivity contribution in [3.05, 3.63) is 36.5 Å². The van der Waals surface area contributed by atoms with E-state index in [9.17, 15) is 19.5 Å². The van der Waals surface area contributed by atoms with Gasteiger partial charge in [0.05, 0.1) is 34.4 Å². The summed E-state index contributed by atoms with van der Waals surface area (Å²) in [4.78, 5) is 36.6. The fourth-order valence-electron chi connectivity index (χ4n) is 5.00. The average Bonchev–Trinajstić information content (AvgIpc) is 3.00. The Morgan fingerprint density at radius 1 is 0.674 bits per heavy atom. The van der Waals surface area contributed by atoms with E-state index in [1.165, 1.54) is 51.4 Å². The van der Waals surface area contributed by atoms with Crippen LogP contribution in [0.4, 0.5) is 0 Å². The first-order valence-electron chi connectivity index (χ1n) is 18.0. The molecule has 0 aromatic rings. The maximum Gasteiger partial charge on any atom is 0.362 e. The van der Waals surface area contributed by atoms with Crippen molar-refractivity contribution in [3.8, 4) is 0 Å². The Hall–Kier alpha value is -2.45. The van der Waals surface area contributed by atoms with Crippen LogP contribution in [0.15, 0.2) is 36.5 Å². The van der Waals surface area contributed by atoms with Crippen LogP contribution in [0.2, 0.25) is 0 Å². The van der Waals surface area contributed by atoms with Gasteiger partial charge in [0, 0.05) is 19.3 Å². The molecule has 0 saturated carbocycles. The molecule has 0 aliphatic heterocycles. The maximum absolute atomic E-state index is 12.6. The van der Waals surface area contributed by atoms with Gasteiger partial charge in [0.15, 0.2) is 12.1 Å². The van der Waals surface area contributed by atoms with Crippen molar-refractivity contribution in [3.63, 3.8) is 0 Å². The molecule has 0 aromatic carbocycles. The summed E-state index contributed by atoms with van der Waals surface area (Å²) < 4.78 is 17.1. The fraction of sp³-hybridized carbons (Fsp3) is 0.763. The predicted molar refractivity (Wildman–Crippen MR) is 188 cm³/mol. The summed E-state index contributed by atoms with van der Waals surface area (Å²) in [6.45, 7) is 4.53. The number of esters is 2. The molecular formula is C38H68NO7+. The number of likely N-dealkylation sites (N-methyl/N-ethyl adjacent to an activating group) is 1. The number of nitrogens with zero attached hydrogens (tertiary/aromatic N) is 1. The highest BCUT2D eigenvalue weighted by atomic mass is 16.6. The van der Waals surface area contributed by atoms with Crippen molar-refractivity contribution >= 4 is 17.9 Å². The minimum Gasteiger partial charge on any atom is -0.477 e. The molecule has 0 rings (SSSR count). The molecule has 0 heterocycles. The number of quaternary nitrogens is 1. The zero-order valence-electron chi connectivity index (χ0n) is 30.0. The van der Waals surface area contributed by atoms with Crippen LogP contribution in [-0.4, -0.2) is 80.6 Å². The molecule has 1 N–H and O–H groups in total. The van der Waals surface area contributed by atoms with E-state index in [4.69, 9.17) is 14.2 Å². The molecule has 266 valence electrons. The zero-order chi connectivity index (χ0) is 34.3. The van der Waals surface area contributed by atoms with Gasteiger partial charge < -0.3 is 23.8 Å². The predicted octanol–water partition coefficient (Wildman–Crippen LogP) is 8.74. The van der Waals surface area contributed by atoms with E-state index in [-0.39, 0.29) is 42.7 Å². The van der Waals surface area contributed by atoms with Gasteiger partial charge in [0.25, 0.3) is 0 Å². The van der Waals surface area contributed by atoms with Gasteiger partial charge in [-0.1, -0.05) is 115 Å². The number of hydrogen-bond donors (Lipinski definition) is 1. The SMILES string of the molecule is CC/C=C/C/C=C/C/C=C/CCCC(=O)OCC(COCCC(C(=O)O)[N+](C)(C)C)OC(=O)CCCCCCCCCCCCC. The van der Waals surface area contributed by atoms with E-state index < -0.39 is 18.1 Å². The van der Waals surface area contributed by atoms with Gasteiger partial charge in [-0.2, -0.15) is 0 Å². The van der Waals surface area contributed by atoms with Gasteiger partial charge in [-0.05, 0) is 38.5 Å². The van der Waals surface area contributed by atoms with Gasteiger partial charge in [-0.3, -0.25) is 9.59 Å². The highest BCUT2D eigenvalue weighted by molar-refractivity contribution is 5.72.